The minimum atomic E-state index is 0.268. The highest BCUT2D eigenvalue weighted by Crippen LogP contribution is 2.28. The minimum Gasteiger partial charge on any atom is -0.474 e. The van der Waals surface area contributed by atoms with E-state index in [2.05, 4.69) is 29.1 Å². The Balaban J connectivity index is 1.88. The fourth-order valence-corrected chi connectivity index (χ4v) is 2.90. The first-order valence-corrected chi connectivity index (χ1v) is 7.59. The number of aromatic nitrogens is 1. The highest BCUT2D eigenvalue weighted by atomic mass is 35.5. The number of fused-ring (bicyclic) bond motifs is 1. The zero-order valence-electron chi connectivity index (χ0n) is 11.7. The van der Waals surface area contributed by atoms with E-state index in [1.165, 1.54) is 0 Å². The molecule has 0 spiro atoms. The number of hydrogen-bond acceptors (Lipinski definition) is 3. The Labute approximate surface area is 124 Å². The van der Waals surface area contributed by atoms with Crippen molar-refractivity contribution in [3.63, 3.8) is 0 Å². The first-order valence-electron chi connectivity index (χ1n) is 7.05. The van der Waals surface area contributed by atoms with E-state index in [0.29, 0.717) is 5.88 Å². The minimum absolute atomic E-state index is 0.268. The summed E-state index contributed by atoms with van der Waals surface area (Å²) in [4.78, 5) is 6.81. The molecular weight excluding hydrogens is 272 g/mol. The van der Waals surface area contributed by atoms with Gasteiger partial charge >= 0.3 is 0 Å². The Kier molecular flexibility index (Phi) is 4.08. The molecule has 0 saturated carbocycles. The molecule has 1 aliphatic heterocycles. The number of pyridine rings is 1. The van der Waals surface area contributed by atoms with Gasteiger partial charge in [-0.25, -0.2) is 4.98 Å². The van der Waals surface area contributed by atoms with E-state index in [0.717, 1.165) is 48.1 Å². The lowest BCUT2D eigenvalue weighted by Crippen LogP contribution is -2.35. The van der Waals surface area contributed by atoms with E-state index in [1.54, 1.807) is 0 Å². The maximum atomic E-state index is 6.14. The van der Waals surface area contributed by atoms with Gasteiger partial charge in [0.25, 0.3) is 0 Å². The molecule has 1 aromatic carbocycles. The first kappa shape index (κ1) is 13.7. The van der Waals surface area contributed by atoms with Crippen LogP contribution in [0.1, 0.15) is 18.4 Å². The van der Waals surface area contributed by atoms with Gasteiger partial charge in [0.2, 0.25) is 5.88 Å². The molecule has 106 valence electrons. The molecule has 4 heteroatoms. The third kappa shape index (κ3) is 2.74. The molecule has 0 bridgehead atoms. The van der Waals surface area contributed by atoms with Crippen molar-refractivity contribution >= 4 is 22.4 Å². The van der Waals surface area contributed by atoms with Gasteiger partial charge in [-0.1, -0.05) is 18.2 Å². The van der Waals surface area contributed by atoms with Gasteiger partial charge < -0.3 is 9.64 Å². The summed E-state index contributed by atoms with van der Waals surface area (Å²) in [5.41, 5.74) is 1.05. The van der Waals surface area contributed by atoms with Crippen molar-refractivity contribution < 1.29 is 4.74 Å². The maximum Gasteiger partial charge on any atom is 0.221 e. The third-order valence-corrected chi connectivity index (χ3v) is 4.22. The van der Waals surface area contributed by atoms with Crippen LogP contribution in [0.15, 0.2) is 30.5 Å². The number of piperidine rings is 1. The zero-order chi connectivity index (χ0) is 13.9. The zero-order valence-corrected chi connectivity index (χ0v) is 12.4. The number of hydrogen-bond donors (Lipinski definition) is 0. The second-order valence-corrected chi connectivity index (χ2v) is 5.66. The van der Waals surface area contributed by atoms with Gasteiger partial charge in [-0.3, -0.25) is 0 Å². The Bertz CT molecular complexity index is 594. The van der Waals surface area contributed by atoms with Gasteiger partial charge in [-0.2, -0.15) is 0 Å². The lowest BCUT2D eigenvalue weighted by atomic mass is 10.1. The molecule has 2 aromatic rings. The fraction of sp³-hybridized carbons (Fsp3) is 0.438. The van der Waals surface area contributed by atoms with Crippen LogP contribution in [-0.2, 0) is 5.88 Å². The van der Waals surface area contributed by atoms with Crippen LogP contribution in [0.2, 0.25) is 0 Å². The van der Waals surface area contributed by atoms with Gasteiger partial charge in [0.1, 0.15) is 6.10 Å². The van der Waals surface area contributed by atoms with E-state index < -0.39 is 0 Å². The molecule has 0 aliphatic carbocycles. The van der Waals surface area contributed by atoms with Crippen LogP contribution in [0, 0.1) is 0 Å². The lowest BCUT2D eigenvalue weighted by Gasteiger charge is -2.29. The number of ether oxygens (including phenoxy) is 1. The summed E-state index contributed by atoms with van der Waals surface area (Å²) in [7, 11) is 2.15. The van der Waals surface area contributed by atoms with Crippen LogP contribution in [0.5, 0.6) is 5.88 Å². The summed E-state index contributed by atoms with van der Waals surface area (Å²) in [5.74, 6) is 1.21. The highest BCUT2D eigenvalue weighted by Gasteiger charge is 2.19. The van der Waals surface area contributed by atoms with E-state index in [1.807, 2.05) is 18.3 Å². The van der Waals surface area contributed by atoms with Gasteiger partial charge in [0.15, 0.2) is 0 Å². The normalized spacial score (nSPS) is 17.5. The van der Waals surface area contributed by atoms with E-state index in [4.69, 9.17) is 16.3 Å². The smallest absolute Gasteiger partial charge is 0.221 e. The van der Waals surface area contributed by atoms with Crippen LogP contribution < -0.4 is 4.74 Å². The van der Waals surface area contributed by atoms with E-state index in [9.17, 15) is 0 Å². The first-order chi connectivity index (χ1) is 9.78. The van der Waals surface area contributed by atoms with Crippen molar-refractivity contribution in [2.75, 3.05) is 20.1 Å². The van der Waals surface area contributed by atoms with Crippen LogP contribution in [0.25, 0.3) is 10.8 Å². The van der Waals surface area contributed by atoms with Gasteiger partial charge in [-0.15, -0.1) is 11.6 Å². The molecule has 0 N–H and O–H groups in total. The Hall–Kier alpha value is -1.32. The molecule has 1 saturated heterocycles. The molecule has 0 unspecified atom stereocenters. The summed E-state index contributed by atoms with van der Waals surface area (Å²) < 4.78 is 6.14. The van der Waals surface area contributed by atoms with Crippen molar-refractivity contribution in [2.45, 2.75) is 24.8 Å². The summed E-state index contributed by atoms with van der Waals surface area (Å²) in [6, 6.07) is 8.18. The summed E-state index contributed by atoms with van der Waals surface area (Å²) in [5, 5.41) is 2.20. The van der Waals surface area contributed by atoms with Crippen molar-refractivity contribution in [2.24, 2.45) is 0 Å². The molecule has 1 fully saturated rings. The van der Waals surface area contributed by atoms with Gasteiger partial charge in [-0.05, 0) is 36.9 Å². The predicted octanol–water partition coefficient (Wildman–Crippen LogP) is 3.45. The van der Waals surface area contributed by atoms with Crippen LogP contribution in [0.3, 0.4) is 0 Å². The number of benzene rings is 1. The van der Waals surface area contributed by atoms with Crippen LogP contribution in [-0.4, -0.2) is 36.1 Å². The third-order valence-electron chi connectivity index (χ3n) is 3.93. The van der Waals surface area contributed by atoms with Crippen molar-refractivity contribution in [1.82, 2.24) is 9.88 Å². The Morgan fingerprint density at radius 1 is 1.25 bits per heavy atom. The van der Waals surface area contributed by atoms with Crippen molar-refractivity contribution in [3.05, 3.63) is 36.0 Å². The van der Waals surface area contributed by atoms with Crippen LogP contribution >= 0.6 is 11.6 Å². The van der Waals surface area contributed by atoms with E-state index in [-0.39, 0.29) is 6.10 Å². The fourth-order valence-electron chi connectivity index (χ4n) is 2.69. The van der Waals surface area contributed by atoms with E-state index >= 15 is 0 Å². The number of rotatable bonds is 3. The van der Waals surface area contributed by atoms with Crippen LogP contribution in [0.4, 0.5) is 0 Å². The molecule has 1 aromatic heterocycles. The quantitative estimate of drug-likeness (QED) is 0.810. The molecule has 0 amide bonds. The molecule has 3 nitrogen and oxygen atoms in total. The molecule has 0 radical (unpaired) electrons. The maximum absolute atomic E-state index is 6.14. The molecule has 3 rings (SSSR count). The molecule has 2 heterocycles. The molecular formula is C16H19ClN2O. The average Bonchev–Trinajstić information content (AvgIpc) is 2.50. The largest absolute Gasteiger partial charge is 0.474 e. The van der Waals surface area contributed by atoms with Gasteiger partial charge in [0, 0.05) is 30.6 Å². The monoisotopic (exact) mass is 290 g/mol. The number of likely N-dealkylation sites (tertiary alicyclic amines) is 1. The topological polar surface area (TPSA) is 25.4 Å². The second kappa shape index (κ2) is 5.98. The van der Waals surface area contributed by atoms with Gasteiger partial charge in [0.05, 0.1) is 0 Å². The summed E-state index contributed by atoms with van der Waals surface area (Å²) >= 11 is 5.98. The SMILES string of the molecule is CN1CCC(Oc2ncc(CCl)c3ccccc23)CC1. The van der Waals surface area contributed by atoms with Crippen molar-refractivity contribution in [3.8, 4) is 5.88 Å². The molecule has 20 heavy (non-hydrogen) atoms. The number of halogens is 1. The standard InChI is InChI=1S/C16H19ClN2O/c1-19-8-6-13(7-9-19)20-16-15-5-3-2-4-14(15)12(10-17)11-18-16/h2-5,11,13H,6-10H2,1H3. The molecule has 1 aliphatic rings. The Morgan fingerprint density at radius 2 is 1.95 bits per heavy atom. The highest BCUT2D eigenvalue weighted by molar-refractivity contribution is 6.18. The molecule has 0 atom stereocenters. The van der Waals surface area contributed by atoms with Crippen molar-refractivity contribution in [1.29, 1.82) is 0 Å². The predicted molar refractivity (Wildman–Crippen MR) is 82.4 cm³/mol. The average molecular weight is 291 g/mol. The number of nitrogens with zero attached hydrogens (tertiary/aromatic N) is 2. The second-order valence-electron chi connectivity index (χ2n) is 5.39. The lowest BCUT2D eigenvalue weighted by molar-refractivity contribution is 0.111. The summed E-state index contributed by atoms with van der Waals surface area (Å²) in [6.45, 7) is 2.17. The summed E-state index contributed by atoms with van der Waals surface area (Å²) in [6.07, 6.45) is 4.22. The number of alkyl halides is 1. The Morgan fingerprint density at radius 3 is 2.65 bits per heavy atom.